The van der Waals surface area contributed by atoms with Crippen LogP contribution in [0, 0.1) is 5.92 Å². The van der Waals surface area contributed by atoms with Gasteiger partial charge in [-0.05, 0) is 31.9 Å². The second-order valence-corrected chi connectivity index (χ2v) is 7.54. The number of para-hydroxylation sites is 1. The third-order valence-electron chi connectivity index (χ3n) is 5.13. The summed E-state index contributed by atoms with van der Waals surface area (Å²) in [5, 5.41) is 5.64. The molecule has 1 aromatic rings. The van der Waals surface area contributed by atoms with Crippen LogP contribution >= 0.6 is 0 Å². The number of hydrogen-bond donors (Lipinski definition) is 2. The summed E-state index contributed by atoms with van der Waals surface area (Å²) in [5.74, 6) is -0.188. The van der Waals surface area contributed by atoms with Crippen molar-refractivity contribution in [3.05, 3.63) is 30.3 Å². The molecule has 7 nitrogen and oxygen atoms in total. The number of rotatable bonds is 8. The molecule has 0 saturated carbocycles. The van der Waals surface area contributed by atoms with Gasteiger partial charge in [-0.25, -0.2) is 4.79 Å². The first-order valence-corrected chi connectivity index (χ1v) is 10.2. The van der Waals surface area contributed by atoms with Crippen molar-refractivity contribution in [3.8, 4) is 0 Å². The summed E-state index contributed by atoms with van der Waals surface area (Å²) < 4.78 is 4.90. The molecule has 1 saturated heterocycles. The van der Waals surface area contributed by atoms with Crippen molar-refractivity contribution in [1.82, 2.24) is 15.5 Å². The highest BCUT2D eigenvalue weighted by Crippen LogP contribution is 2.16. The average Bonchev–Trinajstić information content (AvgIpc) is 2.70. The van der Waals surface area contributed by atoms with Crippen LogP contribution in [0.1, 0.15) is 27.7 Å². The highest BCUT2D eigenvalue weighted by Gasteiger charge is 2.26. The Morgan fingerprint density at radius 3 is 2.29 bits per heavy atom. The van der Waals surface area contributed by atoms with Crippen LogP contribution in [0.3, 0.4) is 0 Å². The van der Waals surface area contributed by atoms with E-state index in [4.69, 9.17) is 4.74 Å². The second-order valence-electron chi connectivity index (χ2n) is 7.54. The Morgan fingerprint density at radius 2 is 1.71 bits per heavy atom. The number of carbonyl (C=O) groups is 2. The third kappa shape index (κ3) is 6.41. The number of alkyl carbamates (subject to hydrolysis) is 1. The molecule has 0 aliphatic carbocycles. The molecule has 0 bridgehead atoms. The molecule has 2 rings (SSSR count). The van der Waals surface area contributed by atoms with Gasteiger partial charge in [0.15, 0.2) is 0 Å². The summed E-state index contributed by atoms with van der Waals surface area (Å²) in [6.45, 7) is 12.4. The number of hydrogen-bond acceptors (Lipinski definition) is 5. The number of anilines is 1. The van der Waals surface area contributed by atoms with Crippen molar-refractivity contribution in [2.24, 2.45) is 5.92 Å². The van der Waals surface area contributed by atoms with Gasteiger partial charge in [-0.3, -0.25) is 9.69 Å². The minimum absolute atomic E-state index is 0.0193. The van der Waals surface area contributed by atoms with Crippen LogP contribution in [0.2, 0.25) is 0 Å². The van der Waals surface area contributed by atoms with Gasteiger partial charge in [0.2, 0.25) is 5.91 Å². The zero-order chi connectivity index (χ0) is 20.5. The Kier molecular flexibility index (Phi) is 8.57. The predicted molar refractivity (Wildman–Crippen MR) is 111 cm³/mol. The molecule has 1 fully saturated rings. The van der Waals surface area contributed by atoms with Gasteiger partial charge >= 0.3 is 6.09 Å². The molecule has 28 heavy (non-hydrogen) atoms. The van der Waals surface area contributed by atoms with Crippen molar-refractivity contribution >= 4 is 17.7 Å². The first kappa shape index (κ1) is 22.0. The number of ether oxygens (including phenoxy) is 1. The summed E-state index contributed by atoms with van der Waals surface area (Å²) in [4.78, 5) is 29.0. The molecule has 156 valence electrons. The molecule has 2 N–H and O–H groups in total. The number of carbonyl (C=O) groups excluding carboxylic acids is 2. The van der Waals surface area contributed by atoms with E-state index in [2.05, 4.69) is 51.6 Å². The molecule has 1 aliphatic heterocycles. The highest BCUT2D eigenvalue weighted by molar-refractivity contribution is 5.85. The fourth-order valence-corrected chi connectivity index (χ4v) is 3.38. The van der Waals surface area contributed by atoms with Crippen molar-refractivity contribution in [2.45, 2.75) is 39.8 Å². The van der Waals surface area contributed by atoms with Gasteiger partial charge < -0.3 is 20.3 Å². The fourth-order valence-electron chi connectivity index (χ4n) is 3.38. The lowest BCUT2D eigenvalue weighted by Gasteiger charge is -2.39. The Hall–Kier alpha value is -2.28. The SMILES string of the molecule is CCOC(=O)NC(C(=O)NCC(C)N1CCN(c2ccccc2)CC1)C(C)C. The number of nitrogens with zero attached hydrogens (tertiary/aromatic N) is 2. The van der Waals surface area contributed by atoms with Crippen molar-refractivity contribution in [3.63, 3.8) is 0 Å². The van der Waals surface area contributed by atoms with E-state index >= 15 is 0 Å². The molecule has 0 spiro atoms. The van der Waals surface area contributed by atoms with Gasteiger partial charge in [-0.1, -0.05) is 32.0 Å². The molecule has 1 aromatic carbocycles. The Bertz CT molecular complexity index is 615. The van der Waals surface area contributed by atoms with Crippen molar-refractivity contribution < 1.29 is 14.3 Å². The summed E-state index contributed by atoms with van der Waals surface area (Å²) in [6, 6.07) is 10.1. The van der Waals surface area contributed by atoms with Crippen LogP contribution in [0.5, 0.6) is 0 Å². The van der Waals surface area contributed by atoms with Gasteiger partial charge in [0, 0.05) is 44.5 Å². The predicted octanol–water partition coefficient (Wildman–Crippen LogP) is 2.08. The largest absolute Gasteiger partial charge is 0.450 e. The molecule has 7 heteroatoms. The first-order valence-electron chi connectivity index (χ1n) is 10.2. The van der Waals surface area contributed by atoms with Gasteiger partial charge in [-0.2, -0.15) is 0 Å². The summed E-state index contributed by atoms with van der Waals surface area (Å²) in [7, 11) is 0. The second kappa shape index (κ2) is 10.9. The van der Waals surface area contributed by atoms with Crippen LogP contribution in [0.25, 0.3) is 0 Å². The molecule has 2 unspecified atom stereocenters. The lowest BCUT2D eigenvalue weighted by molar-refractivity contribution is -0.124. The smallest absolute Gasteiger partial charge is 0.407 e. The van der Waals surface area contributed by atoms with Crippen LogP contribution < -0.4 is 15.5 Å². The van der Waals surface area contributed by atoms with E-state index in [-0.39, 0.29) is 24.5 Å². The quantitative estimate of drug-likeness (QED) is 0.711. The van der Waals surface area contributed by atoms with Gasteiger partial charge in [0.25, 0.3) is 0 Å². The number of piperazine rings is 1. The molecular formula is C21H34N4O3. The summed E-state index contributed by atoms with van der Waals surface area (Å²) in [6.07, 6.45) is -0.554. The topological polar surface area (TPSA) is 73.9 Å². The van der Waals surface area contributed by atoms with Gasteiger partial charge in [-0.15, -0.1) is 0 Å². The molecular weight excluding hydrogens is 356 g/mol. The van der Waals surface area contributed by atoms with E-state index in [0.717, 1.165) is 26.2 Å². The molecule has 0 radical (unpaired) electrons. The zero-order valence-corrected chi connectivity index (χ0v) is 17.5. The van der Waals surface area contributed by atoms with E-state index in [1.165, 1.54) is 5.69 Å². The minimum Gasteiger partial charge on any atom is -0.450 e. The lowest BCUT2D eigenvalue weighted by atomic mass is 10.0. The van der Waals surface area contributed by atoms with E-state index in [1.807, 2.05) is 19.9 Å². The fraction of sp³-hybridized carbons (Fsp3) is 0.619. The Labute approximate surface area is 168 Å². The van der Waals surface area contributed by atoms with E-state index in [0.29, 0.717) is 6.54 Å². The minimum atomic E-state index is -0.596. The molecule has 2 atom stereocenters. The van der Waals surface area contributed by atoms with Crippen LogP contribution in [0.15, 0.2) is 30.3 Å². The monoisotopic (exact) mass is 390 g/mol. The molecule has 0 aromatic heterocycles. The third-order valence-corrected chi connectivity index (χ3v) is 5.13. The normalized spacial score (nSPS) is 17.1. The van der Waals surface area contributed by atoms with Gasteiger partial charge in [0.05, 0.1) is 6.61 Å². The maximum Gasteiger partial charge on any atom is 0.407 e. The van der Waals surface area contributed by atoms with E-state index in [9.17, 15) is 9.59 Å². The molecule has 1 aliphatic rings. The van der Waals surface area contributed by atoms with Crippen LogP contribution in [-0.2, 0) is 9.53 Å². The molecule has 2 amide bonds. The first-order chi connectivity index (χ1) is 13.4. The van der Waals surface area contributed by atoms with Crippen LogP contribution in [0.4, 0.5) is 10.5 Å². The Morgan fingerprint density at radius 1 is 1.07 bits per heavy atom. The number of amides is 2. The van der Waals surface area contributed by atoms with E-state index in [1.54, 1.807) is 6.92 Å². The van der Waals surface area contributed by atoms with Crippen LogP contribution in [-0.4, -0.2) is 68.3 Å². The lowest BCUT2D eigenvalue weighted by Crippen LogP contribution is -2.55. The summed E-state index contributed by atoms with van der Waals surface area (Å²) >= 11 is 0. The maximum absolute atomic E-state index is 12.5. The average molecular weight is 391 g/mol. The highest BCUT2D eigenvalue weighted by atomic mass is 16.5. The summed E-state index contributed by atoms with van der Waals surface area (Å²) in [5.41, 5.74) is 1.26. The zero-order valence-electron chi connectivity index (χ0n) is 17.5. The number of nitrogens with one attached hydrogen (secondary N) is 2. The molecule has 1 heterocycles. The van der Waals surface area contributed by atoms with Gasteiger partial charge in [0.1, 0.15) is 6.04 Å². The van der Waals surface area contributed by atoms with E-state index < -0.39 is 12.1 Å². The Balaban J connectivity index is 1.78. The van der Waals surface area contributed by atoms with Crippen molar-refractivity contribution in [1.29, 1.82) is 0 Å². The number of benzene rings is 1. The maximum atomic E-state index is 12.5. The van der Waals surface area contributed by atoms with Crippen molar-refractivity contribution in [2.75, 3.05) is 44.2 Å². The standard InChI is InChI=1S/C21H34N4O3/c1-5-28-21(27)23-19(16(2)3)20(26)22-15-17(4)24-11-13-25(14-12-24)18-9-7-6-8-10-18/h6-10,16-17,19H,5,11-15H2,1-4H3,(H,22,26)(H,23,27).